The van der Waals surface area contributed by atoms with Gasteiger partial charge in [0, 0.05) is 38.8 Å². The number of carbonyl (C=O) groups is 2. The van der Waals surface area contributed by atoms with Crippen LogP contribution in [0.25, 0.3) is 11.7 Å². The highest BCUT2D eigenvalue weighted by Gasteiger charge is 2.35. The van der Waals surface area contributed by atoms with Gasteiger partial charge in [0.15, 0.2) is 17.0 Å². The van der Waals surface area contributed by atoms with Crippen molar-refractivity contribution >= 4 is 29.4 Å². The summed E-state index contributed by atoms with van der Waals surface area (Å²) in [5, 5.41) is 21.1. The van der Waals surface area contributed by atoms with E-state index in [1.54, 1.807) is 18.0 Å². The largest absolute Gasteiger partial charge is 0.492 e. The smallest absolute Gasteiger partial charge is 0.270 e. The number of rotatable bonds is 7. The minimum atomic E-state index is -0.606. The molecular formula is C24H32N6O5. The first-order valence-corrected chi connectivity index (χ1v) is 12.3. The molecule has 0 radical (unpaired) electrons. The Kier molecular flexibility index (Phi) is 6.04. The standard InChI is InChI=1S/C24H32N6O5/c1-13(2)10-29-22-17(8-9-18(31)28-11-15-6-7-16(12-28)35-15)20(25-3)27-30(22)24(34)19(23(29)33)21(32)26-14-4-5-14/h8-9,13-16,34H,4-7,10-12H2,1-3H3,(H,25,27)(H,26,32). The normalized spacial score (nSPS) is 21.9. The molecule has 2 amide bonds. The number of hydrogen-bond donors (Lipinski definition) is 3. The predicted molar refractivity (Wildman–Crippen MR) is 129 cm³/mol. The lowest BCUT2D eigenvalue weighted by Gasteiger charge is -2.31. The van der Waals surface area contributed by atoms with Crippen molar-refractivity contribution in [1.82, 2.24) is 24.4 Å². The summed E-state index contributed by atoms with van der Waals surface area (Å²) in [6, 6.07) is 0.0287. The number of aromatic hydroxyl groups is 1. The zero-order valence-electron chi connectivity index (χ0n) is 20.3. The van der Waals surface area contributed by atoms with Crippen molar-refractivity contribution in [3.63, 3.8) is 0 Å². The summed E-state index contributed by atoms with van der Waals surface area (Å²) in [4.78, 5) is 41.0. The molecule has 188 valence electrons. The Labute approximate surface area is 202 Å². The molecule has 2 bridgehead atoms. The van der Waals surface area contributed by atoms with Gasteiger partial charge in [0.05, 0.1) is 17.8 Å². The summed E-state index contributed by atoms with van der Waals surface area (Å²) in [5.74, 6) is -0.812. The second-order valence-electron chi connectivity index (χ2n) is 10.0. The van der Waals surface area contributed by atoms with Gasteiger partial charge >= 0.3 is 0 Å². The molecule has 3 fully saturated rings. The molecule has 35 heavy (non-hydrogen) atoms. The predicted octanol–water partition coefficient (Wildman–Crippen LogP) is 1.19. The summed E-state index contributed by atoms with van der Waals surface area (Å²) >= 11 is 0. The van der Waals surface area contributed by atoms with Gasteiger partial charge in [0.2, 0.25) is 11.8 Å². The van der Waals surface area contributed by atoms with Crippen LogP contribution in [0.5, 0.6) is 5.88 Å². The highest BCUT2D eigenvalue weighted by Crippen LogP contribution is 2.29. The maximum Gasteiger partial charge on any atom is 0.270 e. The number of carbonyl (C=O) groups excluding carboxylic acids is 2. The zero-order chi connectivity index (χ0) is 24.9. The summed E-state index contributed by atoms with van der Waals surface area (Å²) in [7, 11) is 1.67. The molecule has 2 aromatic rings. The summed E-state index contributed by atoms with van der Waals surface area (Å²) in [6.07, 6.45) is 6.91. The molecule has 2 aromatic heterocycles. The van der Waals surface area contributed by atoms with Crippen molar-refractivity contribution in [3.8, 4) is 5.88 Å². The number of morpholine rings is 1. The van der Waals surface area contributed by atoms with E-state index in [0.29, 0.717) is 36.7 Å². The van der Waals surface area contributed by atoms with Crippen LogP contribution in [0, 0.1) is 5.92 Å². The van der Waals surface area contributed by atoms with Gasteiger partial charge in [-0.2, -0.15) is 4.52 Å². The van der Waals surface area contributed by atoms with Crippen molar-refractivity contribution in [3.05, 3.63) is 27.6 Å². The van der Waals surface area contributed by atoms with Crippen LogP contribution in [0.15, 0.2) is 10.9 Å². The number of anilines is 1. The minimum Gasteiger partial charge on any atom is -0.492 e. The number of ether oxygens (including phenoxy) is 1. The van der Waals surface area contributed by atoms with Crippen molar-refractivity contribution in [1.29, 1.82) is 0 Å². The first-order valence-electron chi connectivity index (χ1n) is 12.3. The Hall–Kier alpha value is -3.34. The Morgan fingerprint density at radius 3 is 2.49 bits per heavy atom. The third-order valence-corrected chi connectivity index (χ3v) is 6.71. The fourth-order valence-corrected chi connectivity index (χ4v) is 4.87. The van der Waals surface area contributed by atoms with E-state index in [-0.39, 0.29) is 35.6 Å². The van der Waals surface area contributed by atoms with Gasteiger partial charge in [0.1, 0.15) is 0 Å². The van der Waals surface area contributed by atoms with Gasteiger partial charge in [-0.15, -0.1) is 5.10 Å². The van der Waals surface area contributed by atoms with Crippen LogP contribution in [0.1, 0.15) is 55.5 Å². The molecule has 4 heterocycles. The molecule has 0 spiro atoms. The van der Waals surface area contributed by atoms with Gasteiger partial charge in [-0.1, -0.05) is 13.8 Å². The number of nitrogens with zero attached hydrogens (tertiary/aromatic N) is 4. The number of aromatic nitrogens is 3. The van der Waals surface area contributed by atoms with Gasteiger partial charge < -0.3 is 25.4 Å². The van der Waals surface area contributed by atoms with Crippen LogP contribution in [0.4, 0.5) is 5.82 Å². The van der Waals surface area contributed by atoms with Crippen molar-refractivity contribution in [2.24, 2.45) is 5.92 Å². The second-order valence-corrected chi connectivity index (χ2v) is 10.0. The highest BCUT2D eigenvalue weighted by atomic mass is 16.5. The van der Waals surface area contributed by atoms with Gasteiger partial charge in [0.25, 0.3) is 11.5 Å². The minimum absolute atomic E-state index is 0.0287. The van der Waals surface area contributed by atoms with Crippen LogP contribution < -0.4 is 16.2 Å². The molecule has 2 unspecified atom stereocenters. The van der Waals surface area contributed by atoms with Gasteiger partial charge in [-0.25, -0.2) is 0 Å². The van der Waals surface area contributed by atoms with Crippen molar-refractivity contribution < 1.29 is 19.4 Å². The van der Waals surface area contributed by atoms with Gasteiger partial charge in [-0.05, 0) is 37.7 Å². The maximum absolute atomic E-state index is 13.5. The maximum atomic E-state index is 13.5. The van der Waals surface area contributed by atoms with Crippen LogP contribution in [-0.4, -0.2) is 74.4 Å². The van der Waals surface area contributed by atoms with E-state index in [2.05, 4.69) is 15.7 Å². The lowest BCUT2D eigenvalue weighted by atomic mass is 10.2. The molecule has 11 heteroatoms. The van der Waals surface area contributed by atoms with Crippen LogP contribution in [0.2, 0.25) is 0 Å². The topological polar surface area (TPSA) is 130 Å². The Balaban J connectivity index is 1.57. The average Bonchev–Trinajstić information content (AvgIpc) is 3.46. The third-order valence-electron chi connectivity index (χ3n) is 6.71. The van der Waals surface area contributed by atoms with Crippen LogP contribution in [-0.2, 0) is 16.1 Å². The van der Waals surface area contributed by atoms with E-state index >= 15 is 0 Å². The number of fused-ring (bicyclic) bond motifs is 3. The van der Waals surface area contributed by atoms with Crippen molar-refractivity contribution in [2.75, 3.05) is 25.5 Å². The molecule has 1 saturated carbocycles. The van der Waals surface area contributed by atoms with E-state index in [9.17, 15) is 19.5 Å². The molecule has 2 atom stereocenters. The molecule has 1 aliphatic carbocycles. The molecule has 3 N–H and O–H groups in total. The molecule has 3 aliphatic rings. The quantitative estimate of drug-likeness (QED) is 0.504. The number of likely N-dealkylation sites (tertiary alicyclic amines) is 1. The van der Waals surface area contributed by atoms with Crippen LogP contribution >= 0.6 is 0 Å². The summed E-state index contributed by atoms with van der Waals surface area (Å²) in [6.45, 7) is 5.35. The fourth-order valence-electron chi connectivity index (χ4n) is 4.87. The van der Waals surface area contributed by atoms with E-state index < -0.39 is 17.3 Å². The summed E-state index contributed by atoms with van der Waals surface area (Å²) < 4.78 is 8.48. The van der Waals surface area contributed by atoms with E-state index in [4.69, 9.17) is 4.74 Å². The van der Waals surface area contributed by atoms with E-state index in [0.717, 1.165) is 25.7 Å². The Morgan fingerprint density at radius 2 is 1.89 bits per heavy atom. The first-order chi connectivity index (χ1) is 16.8. The molecule has 2 saturated heterocycles. The van der Waals surface area contributed by atoms with Crippen molar-refractivity contribution in [2.45, 2.75) is 64.3 Å². The monoisotopic (exact) mass is 484 g/mol. The lowest BCUT2D eigenvalue weighted by molar-refractivity contribution is -0.134. The number of hydrogen-bond acceptors (Lipinski definition) is 7. The summed E-state index contributed by atoms with van der Waals surface area (Å²) in [5.41, 5.74) is -0.111. The second kappa shape index (κ2) is 9.03. The Morgan fingerprint density at radius 1 is 1.20 bits per heavy atom. The number of nitrogens with one attached hydrogen (secondary N) is 2. The zero-order valence-corrected chi connectivity index (χ0v) is 20.3. The molecule has 2 aliphatic heterocycles. The van der Waals surface area contributed by atoms with E-state index in [1.807, 2.05) is 13.8 Å². The average molecular weight is 485 g/mol. The van der Waals surface area contributed by atoms with E-state index in [1.165, 1.54) is 15.2 Å². The molecular weight excluding hydrogens is 452 g/mol. The SMILES string of the molecule is CNc1nn2c(O)c(C(=O)NC3CC3)c(=O)n(CC(C)C)c2c1C=CC(=O)N1CC2CCC(C1)O2. The lowest BCUT2D eigenvalue weighted by Crippen LogP contribution is -2.45. The van der Waals surface area contributed by atoms with Crippen LogP contribution in [0.3, 0.4) is 0 Å². The first kappa shape index (κ1) is 23.4. The molecule has 5 rings (SSSR count). The molecule has 11 nitrogen and oxygen atoms in total. The van der Waals surface area contributed by atoms with Gasteiger partial charge in [-0.3, -0.25) is 19.0 Å². The molecule has 0 aromatic carbocycles. The fraction of sp³-hybridized carbons (Fsp3) is 0.583. The third kappa shape index (κ3) is 4.40. The number of amides is 2. The highest BCUT2D eigenvalue weighted by molar-refractivity contribution is 5.97. The Bertz CT molecular complexity index is 1250.